The summed E-state index contributed by atoms with van der Waals surface area (Å²) >= 11 is 7.47. The molecule has 0 aliphatic heterocycles. The lowest BCUT2D eigenvalue weighted by molar-refractivity contribution is 0.0920. The number of nitrogens with zero attached hydrogens (tertiary/aromatic N) is 2. The molecule has 0 aliphatic rings. The number of rotatable bonds is 5. The Morgan fingerprint density at radius 1 is 1.29 bits per heavy atom. The van der Waals surface area contributed by atoms with Gasteiger partial charge in [-0.05, 0) is 50.6 Å². The first-order chi connectivity index (χ1) is 11.5. The second-order valence-electron chi connectivity index (χ2n) is 5.56. The molecule has 1 aromatic carbocycles. The molecule has 0 aliphatic carbocycles. The number of hydrogen-bond donors (Lipinski definition) is 0. The van der Waals surface area contributed by atoms with Gasteiger partial charge < -0.3 is 4.74 Å². The van der Waals surface area contributed by atoms with Crippen LogP contribution in [0.3, 0.4) is 0 Å². The number of ketones is 1. The van der Waals surface area contributed by atoms with Crippen molar-refractivity contribution in [2.45, 2.75) is 20.8 Å². The number of hydrogen-bond acceptors (Lipinski definition) is 4. The number of halogens is 1. The number of carbonyl (C=O) groups excluding carboxylic acids is 1. The van der Waals surface area contributed by atoms with Gasteiger partial charge >= 0.3 is 0 Å². The highest BCUT2D eigenvalue weighted by Gasteiger charge is 2.18. The van der Waals surface area contributed by atoms with Gasteiger partial charge in [0.2, 0.25) is 5.78 Å². The largest absolute Gasteiger partial charge is 0.485 e. The van der Waals surface area contributed by atoms with Gasteiger partial charge in [0, 0.05) is 33.6 Å². The smallest absolute Gasteiger partial charge is 0.202 e. The molecule has 4 nitrogen and oxygen atoms in total. The molecule has 0 bridgehead atoms. The lowest BCUT2D eigenvalue weighted by atomic mass is 10.1. The summed E-state index contributed by atoms with van der Waals surface area (Å²) in [5, 5.41) is 3.43. The molecule has 0 atom stereocenters. The first-order valence-electron chi connectivity index (χ1n) is 7.48. The van der Waals surface area contributed by atoms with Crippen LogP contribution >= 0.6 is 22.9 Å². The zero-order valence-corrected chi connectivity index (χ0v) is 15.2. The van der Waals surface area contributed by atoms with Crippen molar-refractivity contribution in [3.63, 3.8) is 0 Å². The molecule has 3 aromatic rings. The van der Waals surface area contributed by atoms with Gasteiger partial charge in [0.25, 0.3) is 0 Å². The van der Waals surface area contributed by atoms with Crippen molar-refractivity contribution >= 4 is 28.7 Å². The molecule has 0 spiro atoms. The third-order valence-electron chi connectivity index (χ3n) is 3.84. The van der Waals surface area contributed by atoms with E-state index in [4.69, 9.17) is 16.3 Å². The average Bonchev–Trinajstić information content (AvgIpc) is 3.14. The summed E-state index contributed by atoms with van der Waals surface area (Å²) in [5.41, 5.74) is 3.43. The highest BCUT2D eigenvalue weighted by molar-refractivity contribution is 7.12. The topological polar surface area (TPSA) is 44.1 Å². The molecule has 0 saturated heterocycles. The van der Waals surface area contributed by atoms with Crippen LogP contribution in [-0.4, -0.2) is 21.9 Å². The van der Waals surface area contributed by atoms with Crippen LogP contribution in [0, 0.1) is 20.8 Å². The molecular formula is C18H17ClN2O2S. The molecular weight excluding hydrogens is 344 g/mol. The Morgan fingerprint density at radius 3 is 2.75 bits per heavy atom. The van der Waals surface area contributed by atoms with Crippen LogP contribution in [0.25, 0.3) is 5.13 Å². The zero-order chi connectivity index (χ0) is 17.3. The van der Waals surface area contributed by atoms with Crippen LogP contribution < -0.4 is 4.74 Å². The van der Waals surface area contributed by atoms with Crippen molar-refractivity contribution in [3.05, 3.63) is 63.4 Å². The van der Waals surface area contributed by atoms with Crippen molar-refractivity contribution in [2.24, 2.45) is 0 Å². The maximum Gasteiger partial charge on any atom is 0.202 e. The predicted molar refractivity (Wildman–Crippen MR) is 96.9 cm³/mol. The quantitative estimate of drug-likeness (QED) is 0.615. The SMILES string of the molecule is Cc1cc(Cl)ccc1OCC(=O)c1cc(C)n(-c2nccs2)c1C. The van der Waals surface area contributed by atoms with Gasteiger partial charge in [0.1, 0.15) is 5.75 Å². The molecule has 0 fully saturated rings. The fourth-order valence-electron chi connectivity index (χ4n) is 2.66. The van der Waals surface area contributed by atoms with Crippen molar-refractivity contribution < 1.29 is 9.53 Å². The van der Waals surface area contributed by atoms with Crippen LogP contribution in [0.1, 0.15) is 27.3 Å². The number of Topliss-reactive ketones (excluding diaryl/α,β-unsaturated/α-hetero) is 1. The fraction of sp³-hybridized carbons (Fsp3) is 0.222. The van der Waals surface area contributed by atoms with Crippen molar-refractivity contribution in [1.29, 1.82) is 0 Å². The highest BCUT2D eigenvalue weighted by atomic mass is 35.5. The van der Waals surface area contributed by atoms with E-state index in [0.29, 0.717) is 16.3 Å². The monoisotopic (exact) mass is 360 g/mol. The summed E-state index contributed by atoms with van der Waals surface area (Å²) < 4.78 is 7.66. The first-order valence-corrected chi connectivity index (χ1v) is 8.74. The van der Waals surface area contributed by atoms with Gasteiger partial charge in [-0.1, -0.05) is 11.6 Å². The molecule has 0 amide bonds. The fourth-order valence-corrected chi connectivity index (χ4v) is 3.64. The Hall–Kier alpha value is -2.11. The Morgan fingerprint density at radius 2 is 2.08 bits per heavy atom. The summed E-state index contributed by atoms with van der Waals surface area (Å²) in [6, 6.07) is 7.24. The number of ether oxygens (including phenoxy) is 1. The molecule has 124 valence electrons. The van der Waals surface area contributed by atoms with Crippen LogP contribution in [-0.2, 0) is 0 Å². The molecule has 24 heavy (non-hydrogen) atoms. The molecule has 0 saturated carbocycles. The second-order valence-corrected chi connectivity index (χ2v) is 6.87. The summed E-state index contributed by atoms with van der Waals surface area (Å²) in [6.45, 7) is 5.79. The molecule has 6 heteroatoms. The van der Waals surface area contributed by atoms with E-state index >= 15 is 0 Å². The summed E-state index contributed by atoms with van der Waals surface area (Å²) in [6.07, 6.45) is 1.76. The molecule has 0 unspecified atom stereocenters. The van der Waals surface area contributed by atoms with E-state index in [1.165, 1.54) is 11.3 Å². The zero-order valence-electron chi connectivity index (χ0n) is 13.7. The lowest BCUT2D eigenvalue weighted by Crippen LogP contribution is -2.13. The normalized spacial score (nSPS) is 10.8. The molecule has 2 heterocycles. The van der Waals surface area contributed by atoms with Gasteiger partial charge in [-0.25, -0.2) is 4.98 Å². The number of aromatic nitrogens is 2. The van der Waals surface area contributed by atoms with Gasteiger partial charge in [-0.2, -0.15) is 0 Å². The number of benzene rings is 1. The molecule has 2 aromatic heterocycles. The Labute approximate surface area is 149 Å². The van der Waals surface area contributed by atoms with E-state index in [9.17, 15) is 4.79 Å². The lowest BCUT2D eigenvalue weighted by Gasteiger charge is -2.09. The molecule has 3 rings (SSSR count). The highest BCUT2D eigenvalue weighted by Crippen LogP contribution is 2.24. The maximum absolute atomic E-state index is 12.6. The van der Waals surface area contributed by atoms with E-state index in [1.54, 1.807) is 18.3 Å². The van der Waals surface area contributed by atoms with Gasteiger partial charge in [-0.15, -0.1) is 11.3 Å². The van der Waals surface area contributed by atoms with E-state index in [0.717, 1.165) is 22.1 Å². The third-order valence-corrected chi connectivity index (χ3v) is 4.83. The van der Waals surface area contributed by atoms with Crippen LogP contribution in [0.5, 0.6) is 5.75 Å². The van der Waals surface area contributed by atoms with Crippen LogP contribution in [0.4, 0.5) is 0 Å². The Balaban J connectivity index is 1.80. The van der Waals surface area contributed by atoms with Gasteiger partial charge in [-0.3, -0.25) is 9.36 Å². The van der Waals surface area contributed by atoms with E-state index in [2.05, 4.69) is 4.98 Å². The number of aryl methyl sites for hydroxylation is 2. The second kappa shape index (κ2) is 6.79. The Kier molecular flexibility index (Phi) is 4.73. The van der Waals surface area contributed by atoms with Gasteiger partial charge in [0.05, 0.1) is 0 Å². The summed E-state index contributed by atoms with van der Waals surface area (Å²) in [4.78, 5) is 16.9. The van der Waals surface area contributed by atoms with Crippen molar-refractivity contribution in [3.8, 4) is 10.9 Å². The number of thiazole rings is 1. The first kappa shape index (κ1) is 16.7. The van der Waals surface area contributed by atoms with Crippen molar-refractivity contribution in [1.82, 2.24) is 9.55 Å². The van der Waals surface area contributed by atoms with Crippen LogP contribution in [0.2, 0.25) is 5.02 Å². The van der Waals surface area contributed by atoms with Gasteiger partial charge in [0.15, 0.2) is 11.7 Å². The Bertz CT molecular complexity index is 885. The molecule has 0 radical (unpaired) electrons. The van der Waals surface area contributed by atoms with E-state index in [-0.39, 0.29) is 12.4 Å². The minimum absolute atomic E-state index is 0.00929. The van der Waals surface area contributed by atoms with Crippen molar-refractivity contribution in [2.75, 3.05) is 6.61 Å². The van der Waals surface area contributed by atoms with E-state index < -0.39 is 0 Å². The molecule has 0 N–H and O–H groups in total. The standard InChI is InChI=1S/C18H17ClN2O2S/c1-11-8-14(19)4-5-17(11)23-10-16(22)15-9-12(2)21(13(15)3)18-20-6-7-24-18/h4-9H,10H2,1-3H3. The third kappa shape index (κ3) is 3.23. The average molecular weight is 361 g/mol. The summed E-state index contributed by atoms with van der Waals surface area (Å²) in [7, 11) is 0. The predicted octanol–water partition coefficient (Wildman–Crippen LogP) is 4.77. The van der Waals surface area contributed by atoms with E-state index in [1.807, 2.05) is 42.9 Å². The maximum atomic E-state index is 12.6. The summed E-state index contributed by atoms with van der Waals surface area (Å²) in [5.74, 6) is 0.613. The van der Waals surface area contributed by atoms with Crippen LogP contribution in [0.15, 0.2) is 35.8 Å². The minimum atomic E-state index is -0.0553. The minimum Gasteiger partial charge on any atom is -0.485 e. The number of carbonyl (C=O) groups is 1.